The summed E-state index contributed by atoms with van der Waals surface area (Å²) < 4.78 is 5.29. The Morgan fingerprint density at radius 3 is 2.68 bits per heavy atom. The number of rotatable bonds is 4. The topological polar surface area (TPSA) is 48.1 Å². The number of hydrogen-bond acceptors (Lipinski definition) is 4. The van der Waals surface area contributed by atoms with Gasteiger partial charge in [-0.3, -0.25) is 0 Å². The Hall–Kier alpha value is -1.39. The summed E-state index contributed by atoms with van der Waals surface area (Å²) in [6.07, 6.45) is 0.834. The van der Waals surface area contributed by atoms with Crippen molar-refractivity contribution in [1.29, 1.82) is 0 Å². The summed E-state index contributed by atoms with van der Waals surface area (Å²) in [4.78, 5) is 5.95. The van der Waals surface area contributed by atoms with Crippen LogP contribution in [0.3, 0.4) is 0 Å². The van der Waals surface area contributed by atoms with Gasteiger partial charge in [0, 0.05) is 22.9 Å². The molecular formula is C15H20N2OS. The van der Waals surface area contributed by atoms with Crippen LogP contribution in [0.15, 0.2) is 18.2 Å². The zero-order chi connectivity index (χ0) is 14.0. The first kappa shape index (κ1) is 14.0. The fourth-order valence-corrected chi connectivity index (χ4v) is 3.20. The molecule has 2 aromatic rings. The Kier molecular flexibility index (Phi) is 4.22. The summed E-state index contributed by atoms with van der Waals surface area (Å²) >= 11 is 1.73. The van der Waals surface area contributed by atoms with Crippen LogP contribution in [0.4, 0.5) is 0 Å². The molecule has 0 amide bonds. The van der Waals surface area contributed by atoms with E-state index in [0.29, 0.717) is 0 Å². The first-order valence-electron chi connectivity index (χ1n) is 6.38. The number of aryl methyl sites for hydroxylation is 2. The van der Waals surface area contributed by atoms with E-state index in [9.17, 15) is 0 Å². The SMILES string of the molecule is COc1ccc(-c2nc(CC(C)N)sc2C)cc1C. The Balaban J connectivity index is 2.36. The van der Waals surface area contributed by atoms with Crippen LogP contribution < -0.4 is 10.5 Å². The highest BCUT2D eigenvalue weighted by molar-refractivity contribution is 7.12. The molecule has 2 N–H and O–H groups in total. The monoisotopic (exact) mass is 276 g/mol. The molecule has 3 nitrogen and oxygen atoms in total. The maximum absolute atomic E-state index is 5.83. The molecule has 4 heteroatoms. The van der Waals surface area contributed by atoms with Gasteiger partial charge in [-0.25, -0.2) is 4.98 Å². The number of hydrogen-bond donors (Lipinski definition) is 1. The van der Waals surface area contributed by atoms with E-state index in [4.69, 9.17) is 15.5 Å². The summed E-state index contributed by atoms with van der Waals surface area (Å²) in [5, 5.41) is 1.11. The van der Waals surface area contributed by atoms with Gasteiger partial charge in [-0.1, -0.05) is 0 Å². The zero-order valence-electron chi connectivity index (χ0n) is 11.9. The van der Waals surface area contributed by atoms with Crippen molar-refractivity contribution in [1.82, 2.24) is 4.98 Å². The Morgan fingerprint density at radius 1 is 1.37 bits per heavy atom. The molecular weight excluding hydrogens is 256 g/mol. The van der Waals surface area contributed by atoms with E-state index in [1.807, 2.05) is 19.9 Å². The van der Waals surface area contributed by atoms with Crippen LogP contribution in [0.1, 0.15) is 22.4 Å². The maximum atomic E-state index is 5.83. The third-order valence-corrected chi connectivity index (χ3v) is 4.00. The second kappa shape index (κ2) is 5.72. The quantitative estimate of drug-likeness (QED) is 0.932. The van der Waals surface area contributed by atoms with Gasteiger partial charge in [0.1, 0.15) is 5.75 Å². The molecule has 0 aliphatic heterocycles. The van der Waals surface area contributed by atoms with Gasteiger partial charge in [0.2, 0.25) is 0 Å². The Labute approximate surface area is 118 Å². The maximum Gasteiger partial charge on any atom is 0.121 e. The van der Waals surface area contributed by atoms with Gasteiger partial charge in [0.15, 0.2) is 0 Å². The van der Waals surface area contributed by atoms with E-state index in [2.05, 4.69) is 19.1 Å². The number of thiazole rings is 1. The molecule has 0 aliphatic rings. The third kappa shape index (κ3) is 3.14. The second-order valence-electron chi connectivity index (χ2n) is 4.88. The highest BCUT2D eigenvalue weighted by atomic mass is 32.1. The summed E-state index contributed by atoms with van der Waals surface area (Å²) in [6.45, 7) is 6.16. The van der Waals surface area contributed by atoms with Crippen molar-refractivity contribution in [3.8, 4) is 17.0 Å². The van der Waals surface area contributed by atoms with Crippen molar-refractivity contribution >= 4 is 11.3 Å². The van der Waals surface area contributed by atoms with Gasteiger partial charge >= 0.3 is 0 Å². The van der Waals surface area contributed by atoms with Gasteiger partial charge in [0.05, 0.1) is 17.8 Å². The molecule has 102 valence electrons. The molecule has 1 heterocycles. The summed E-state index contributed by atoms with van der Waals surface area (Å²) in [5.74, 6) is 0.910. The molecule has 1 unspecified atom stereocenters. The van der Waals surface area contributed by atoms with E-state index in [0.717, 1.165) is 34.0 Å². The van der Waals surface area contributed by atoms with E-state index in [1.54, 1.807) is 18.4 Å². The number of ether oxygens (including phenoxy) is 1. The fourth-order valence-electron chi connectivity index (χ4n) is 2.11. The predicted molar refractivity (Wildman–Crippen MR) is 80.9 cm³/mol. The molecule has 0 radical (unpaired) electrons. The van der Waals surface area contributed by atoms with E-state index in [-0.39, 0.29) is 6.04 Å². The van der Waals surface area contributed by atoms with Gasteiger partial charge in [-0.05, 0) is 44.5 Å². The second-order valence-corrected chi connectivity index (χ2v) is 6.17. The normalized spacial score (nSPS) is 12.5. The highest BCUT2D eigenvalue weighted by Crippen LogP contribution is 2.31. The van der Waals surface area contributed by atoms with Crippen molar-refractivity contribution in [3.05, 3.63) is 33.6 Å². The van der Waals surface area contributed by atoms with Crippen molar-refractivity contribution in [2.75, 3.05) is 7.11 Å². The number of nitrogens with two attached hydrogens (primary N) is 1. The Bertz CT molecular complexity index is 576. The largest absolute Gasteiger partial charge is 0.496 e. The molecule has 0 aliphatic carbocycles. The lowest BCUT2D eigenvalue weighted by molar-refractivity contribution is 0.412. The van der Waals surface area contributed by atoms with Gasteiger partial charge in [0.25, 0.3) is 0 Å². The summed E-state index contributed by atoms with van der Waals surface area (Å²) in [5.41, 5.74) is 9.16. The lowest BCUT2D eigenvalue weighted by atomic mass is 10.1. The number of aromatic nitrogens is 1. The first-order chi connectivity index (χ1) is 9.01. The van der Waals surface area contributed by atoms with Crippen LogP contribution in [0, 0.1) is 13.8 Å². The lowest BCUT2D eigenvalue weighted by Crippen LogP contribution is -2.17. The lowest BCUT2D eigenvalue weighted by Gasteiger charge is -2.06. The molecule has 19 heavy (non-hydrogen) atoms. The van der Waals surface area contributed by atoms with Gasteiger partial charge in [-0.2, -0.15) is 0 Å². The van der Waals surface area contributed by atoms with Crippen LogP contribution in [0.5, 0.6) is 5.75 Å². The van der Waals surface area contributed by atoms with Crippen molar-refractivity contribution in [3.63, 3.8) is 0 Å². The van der Waals surface area contributed by atoms with E-state index >= 15 is 0 Å². The van der Waals surface area contributed by atoms with E-state index in [1.165, 1.54) is 4.88 Å². The average Bonchev–Trinajstić information content (AvgIpc) is 2.69. The predicted octanol–water partition coefficient (Wildman–Crippen LogP) is 3.33. The zero-order valence-corrected chi connectivity index (χ0v) is 12.7. The third-order valence-electron chi connectivity index (χ3n) is 3.01. The van der Waals surface area contributed by atoms with Crippen LogP contribution in [-0.4, -0.2) is 18.1 Å². The van der Waals surface area contributed by atoms with Gasteiger partial charge < -0.3 is 10.5 Å². The Morgan fingerprint density at radius 2 is 2.11 bits per heavy atom. The van der Waals surface area contributed by atoms with Crippen molar-refractivity contribution < 1.29 is 4.74 Å². The van der Waals surface area contributed by atoms with E-state index < -0.39 is 0 Å². The number of benzene rings is 1. The summed E-state index contributed by atoms with van der Waals surface area (Å²) in [7, 11) is 1.69. The highest BCUT2D eigenvalue weighted by Gasteiger charge is 2.12. The molecule has 1 aromatic carbocycles. The molecule has 0 fully saturated rings. The standard InChI is InChI=1S/C15H20N2OS/c1-9-7-12(5-6-13(9)18-4)15-11(3)19-14(17-15)8-10(2)16/h5-7,10H,8,16H2,1-4H3. The first-order valence-corrected chi connectivity index (χ1v) is 7.19. The van der Waals surface area contributed by atoms with Crippen molar-refractivity contribution in [2.24, 2.45) is 5.73 Å². The molecule has 0 saturated heterocycles. The smallest absolute Gasteiger partial charge is 0.121 e. The molecule has 0 spiro atoms. The molecule has 1 aromatic heterocycles. The number of nitrogens with zero attached hydrogens (tertiary/aromatic N) is 1. The van der Waals surface area contributed by atoms with Crippen molar-refractivity contribution in [2.45, 2.75) is 33.2 Å². The summed E-state index contributed by atoms with van der Waals surface area (Å²) in [6, 6.07) is 6.32. The van der Waals surface area contributed by atoms with Crippen LogP contribution >= 0.6 is 11.3 Å². The number of methoxy groups -OCH3 is 1. The molecule has 0 saturated carbocycles. The van der Waals surface area contributed by atoms with Gasteiger partial charge in [-0.15, -0.1) is 11.3 Å². The molecule has 2 rings (SSSR count). The minimum absolute atomic E-state index is 0.149. The van der Waals surface area contributed by atoms with Crippen LogP contribution in [0.2, 0.25) is 0 Å². The van der Waals surface area contributed by atoms with Crippen LogP contribution in [0.25, 0.3) is 11.3 Å². The average molecular weight is 276 g/mol. The fraction of sp³-hybridized carbons (Fsp3) is 0.400. The minimum atomic E-state index is 0.149. The minimum Gasteiger partial charge on any atom is -0.496 e. The molecule has 0 bridgehead atoms. The van der Waals surface area contributed by atoms with Crippen LogP contribution in [-0.2, 0) is 6.42 Å². The molecule has 1 atom stereocenters.